The normalized spacial score (nSPS) is 4.80. The Hall–Kier alpha value is 1.15. The van der Waals surface area contributed by atoms with E-state index >= 15 is 0 Å². The molecule has 0 aliphatic carbocycles. The van der Waals surface area contributed by atoms with Gasteiger partial charge >= 0.3 is 52.6 Å². The average Bonchev–Trinajstić information content (AvgIpc) is 1.54. The van der Waals surface area contributed by atoms with Gasteiger partial charge in [-0.3, -0.25) is 0 Å². The van der Waals surface area contributed by atoms with Gasteiger partial charge in [0.25, 0.3) is 0 Å². The first kappa shape index (κ1) is 36.0. The van der Waals surface area contributed by atoms with Crippen molar-refractivity contribution in [2.45, 2.75) is 0 Å². The van der Waals surface area contributed by atoms with Gasteiger partial charge in [0.2, 0.25) is 0 Å². The van der Waals surface area contributed by atoms with Crippen molar-refractivity contribution in [2.24, 2.45) is 0 Å². The van der Waals surface area contributed by atoms with Crippen LogP contribution in [0.2, 0.25) is 0 Å². The topological polar surface area (TPSA) is 190 Å². The molecule has 0 saturated heterocycles. The first-order valence-corrected chi connectivity index (χ1v) is 5.51. The fourth-order valence-electron chi connectivity index (χ4n) is 0. The fourth-order valence-corrected chi connectivity index (χ4v) is 0. The first-order chi connectivity index (χ1) is 5.20. The third kappa shape index (κ3) is 1980. The number of rotatable bonds is 0. The molecule has 0 rings (SSSR count). The number of hydrogen-bond donors (Lipinski definition) is 0. The molecule has 0 aromatic heterocycles. The maximum atomic E-state index is 8.52. The molecule has 0 spiro atoms. The van der Waals surface area contributed by atoms with Gasteiger partial charge in [-0.15, -0.1) is 0 Å². The van der Waals surface area contributed by atoms with E-state index in [0.717, 1.165) is 0 Å². The van der Waals surface area contributed by atoms with E-state index in [9.17, 15) is 0 Å². The third-order valence-corrected chi connectivity index (χ3v) is 0. The molecular weight excluding hydrogens is 303 g/mol. The molecule has 15 heteroatoms. The molecule has 0 aromatic carbocycles. The first-order valence-electron chi connectivity index (χ1n) is 1.84. The van der Waals surface area contributed by atoms with Crippen LogP contribution in [0.15, 0.2) is 0 Å². The molecule has 3 radical (unpaired) electrons. The van der Waals surface area contributed by atoms with E-state index in [-0.39, 0.29) is 70.0 Å². The van der Waals surface area contributed by atoms with Crippen LogP contribution in [0.1, 0.15) is 0 Å². The Balaban J connectivity index is -0.0000000184. The van der Waals surface area contributed by atoms with Crippen molar-refractivity contribution in [1.29, 1.82) is 0 Å². The smallest absolute Gasteiger partial charge is 0.672 e. The van der Waals surface area contributed by atoms with Gasteiger partial charge in [0.05, 0.1) is 0 Å². The van der Waals surface area contributed by atoms with Crippen molar-refractivity contribution in [3.63, 3.8) is 0 Å². The monoisotopic (exact) mass is 302 g/mol. The molecule has 9 nitrogen and oxygen atoms in total. The zero-order chi connectivity index (χ0) is 10.7. The molecule has 0 aliphatic heterocycles. The maximum absolute atomic E-state index is 8.52. The molecule has 0 heterocycles. The summed E-state index contributed by atoms with van der Waals surface area (Å²) in [5.74, 6) is 0. The minimum absolute atomic E-state index is 0. The average molecular weight is 303 g/mol. The van der Waals surface area contributed by atoms with E-state index in [1.807, 2.05) is 0 Å². The molecule has 0 atom stereocenters. The Bertz CT molecular complexity index is 123. The molecule has 15 heavy (non-hydrogen) atoms. The van der Waals surface area contributed by atoms with Crippen LogP contribution in [0.4, 0.5) is 0 Å². The third-order valence-electron chi connectivity index (χ3n) is 0. The van der Waals surface area contributed by atoms with Crippen molar-refractivity contribution in [2.75, 3.05) is 0 Å². The molecular formula is AlMgNaO9Si3-3. The van der Waals surface area contributed by atoms with Crippen LogP contribution in [0.25, 0.3) is 0 Å². The summed E-state index contributed by atoms with van der Waals surface area (Å²) in [7, 11) is -10.9. The quantitative estimate of drug-likeness (QED) is 0.391. The molecule has 0 aliphatic rings. The SMILES string of the molecule is O=[Si]([O-])[O-].O=[Si]([O-])[O-].O=[Si]([O-])[O-].[Al].[Mg+2].[Na+]. The van der Waals surface area contributed by atoms with Crippen LogP contribution >= 0.6 is 0 Å². The van der Waals surface area contributed by atoms with E-state index in [4.69, 9.17) is 42.2 Å². The Kier molecular flexibility index (Phi) is 70.6. The van der Waals surface area contributed by atoms with Gasteiger partial charge in [-0.05, 0) is 0 Å². The maximum Gasteiger partial charge on any atom is 2.00 e. The summed E-state index contributed by atoms with van der Waals surface area (Å²) < 4.78 is 25.6. The minimum atomic E-state index is -3.63. The molecule has 0 saturated carbocycles. The standard InChI is InChI=1S/Al.Mg.Na.3O3Si/c;;;3*1-4(2)3/q;+2;+1;3*-2. The van der Waals surface area contributed by atoms with E-state index in [0.29, 0.717) is 0 Å². The Labute approximate surface area is 138 Å². The molecule has 0 N–H and O–H groups in total. The van der Waals surface area contributed by atoms with Crippen LogP contribution in [-0.2, 0) is 13.4 Å². The summed E-state index contributed by atoms with van der Waals surface area (Å²) >= 11 is 0. The molecule has 0 aromatic rings. The zero-order valence-corrected chi connectivity index (χ0v) is 15.0. The second-order valence-electron chi connectivity index (χ2n) is 0.750. The van der Waals surface area contributed by atoms with Gasteiger partial charge in [0.15, 0.2) is 0 Å². The van der Waals surface area contributed by atoms with Crippen molar-refractivity contribution in [3.8, 4) is 0 Å². The van der Waals surface area contributed by atoms with Gasteiger partial charge in [-0.25, -0.2) is 0 Å². The summed E-state index contributed by atoms with van der Waals surface area (Å²) in [6.07, 6.45) is 0. The summed E-state index contributed by atoms with van der Waals surface area (Å²) in [5.41, 5.74) is 0. The van der Waals surface area contributed by atoms with Crippen molar-refractivity contribution in [1.82, 2.24) is 0 Å². The van der Waals surface area contributed by atoms with Gasteiger partial charge in [0.1, 0.15) is 0 Å². The second kappa shape index (κ2) is 29.4. The summed E-state index contributed by atoms with van der Waals surface area (Å²) in [5, 5.41) is 0. The van der Waals surface area contributed by atoms with Crippen molar-refractivity contribution in [3.05, 3.63) is 0 Å². The summed E-state index contributed by atoms with van der Waals surface area (Å²) in [6.45, 7) is 0. The Morgan fingerprint density at radius 1 is 0.600 bits per heavy atom. The Morgan fingerprint density at radius 2 is 0.600 bits per heavy atom. The van der Waals surface area contributed by atoms with Crippen LogP contribution in [0.3, 0.4) is 0 Å². The van der Waals surface area contributed by atoms with Gasteiger partial charge < -0.3 is 42.2 Å². The number of hydrogen-bond acceptors (Lipinski definition) is 9. The molecule has 0 bridgehead atoms. The van der Waals surface area contributed by atoms with Crippen molar-refractivity contribution >= 4 is 67.9 Å². The van der Waals surface area contributed by atoms with Gasteiger partial charge in [0, 0.05) is 44.9 Å². The largest absolute Gasteiger partial charge is 2.00 e. The van der Waals surface area contributed by atoms with Crippen LogP contribution in [0, 0.1) is 0 Å². The fraction of sp³-hybridized carbons (Fsp3) is 0. The van der Waals surface area contributed by atoms with Crippen LogP contribution in [-0.4, -0.2) is 67.9 Å². The molecule has 0 unspecified atom stereocenters. The van der Waals surface area contributed by atoms with E-state index < -0.39 is 27.5 Å². The zero-order valence-electron chi connectivity index (χ0n) is 7.46. The van der Waals surface area contributed by atoms with Gasteiger partial charge in [-0.1, -0.05) is 0 Å². The van der Waals surface area contributed by atoms with E-state index in [1.165, 1.54) is 0 Å². The summed E-state index contributed by atoms with van der Waals surface area (Å²) in [6, 6.07) is 0. The van der Waals surface area contributed by atoms with E-state index in [2.05, 4.69) is 0 Å². The second-order valence-corrected chi connectivity index (χ2v) is 2.25. The van der Waals surface area contributed by atoms with Crippen molar-refractivity contribution < 1.29 is 71.7 Å². The minimum Gasteiger partial charge on any atom is -0.672 e. The predicted molar refractivity (Wildman–Crippen MR) is 30.8 cm³/mol. The summed E-state index contributed by atoms with van der Waals surface area (Å²) in [4.78, 5) is 51.1. The van der Waals surface area contributed by atoms with Crippen LogP contribution < -0.4 is 58.3 Å². The Morgan fingerprint density at radius 3 is 0.600 bits per heavy atom. The predicted octanol–water partition coefficient (Wildman–Crippen LogP) is -12.4. The molecule has 0 fully saturated rings. The van der Waals surface area contributed by atoms with E-state index in [1.54, 1.807) is 0 Å². The van der Waals surface area contributed by atoms with Crippen LogP contribution in [0.5, 0.6) is 0 Å². The molecule has 75 valence electrons. The van der Waals surface area contributed by atoms with Gasteiger partial charge in [-0.2, -0.15) is 0 Å². The molecule has 0 amide bonds.